The van der Waals surface area contributed by atoms with Crippen LogP contribution >= 0.6 is 12.2 Å². The minimum atomic E-state index is -0.359. The summed E-state index contributed by atoms with van der Waals surface area (Å²) in [6.07, 6.45) is 0. The number of carbonyl (C=O) groups excluding carboxylic acids is 1. The summed E-state index contributed by atoms with van der Waals surface area (Å²) in [5.74, 6) is -0.359. The number of rotatable bonds is 3. The van der Waals surface area contributed by atoms with E-state index in [2.05, 4.69) is 15.4 Å². The number of anilines is 2. The quantitative estimate of drug-likeness (QED) is 0.670. The summed E-state index contributed by atoms with van der Waals surface area (Å²) in [5.41, 5.74) is 3.39. The molecule has 0 aliphatic rings. The predicted molar refractivity (Wildman–Crippen MR) is 88.8 cm³/mol. The number of carbonyl (C=O) groups is 1. The van der Waals surface area contributed by atoms with Crippen LogP contribution in [0.25, 0.3) is 0 Å². The Morgan fingerprint density at radius 2 is 1.71 bits per heavy atom. The van der Waals surface area contributed by atoms with Gasteiger partial charge in [0.2, 0.25) is 0 Å². The third-order valence-electron chi connectivity index (χ3n) is 2.84. The lowest BCUT2D eigenvalue weighted by Crippen LogP contribution is -2.19. The Kier molecular flexibility index (Phi) is 4.90. The molecule has 0 fully saturated rings. The van der Waals surface area contributed by atoms with Gasteiger partial charge in [0.15, 0.2) is 5.11 Å². The highest BCUT2D eigenvalue weighted by Gasteiger charge is 2.05. The molecular weight excluding hydrogens is 284 g/mol. The first kappa shape index (κ1) is 15.0. The Hall–Kier alpha value is -2.40. The Labute approximate surface area is 129 Å². The molecule has 0 aliphatic carbocycles. The molecule has 0 radical (unpaired) electrons. The lowest BCUT2D eigenvalue weighted by Gasteiger charge is -2.11. The molecule has 0 aromatic heterocycles. The first-order valence-corrected chi connectivity index (χ1v) is 6.82. The average molecular weight is 300 g/mol. The van der Waals surface area contributed by atoms with Crippen molar-refractivity contribution in [1.82, 2.24) is 0 Å². The summed E-state index contributed by atoms with van der Waals surface area (Å²) in [6.45, 7) is 2.02. The van der Waals surface area contributed by atoms with Crippen LogP contribution in [0.4, 0.5) is 11.4 Å². The van der Waals surface area contributed by atoms with Gasteiger partial charge in [0.1, 0.15) is 0 Å². The summed E-state index contributed by atoms with van der Waals surface area (Å²) in [4.78, 5) is 11.3. The second kappa shape index (κ2) is 6.85. The van der Waals surface area contributed by atoms with Gasteiger partial charge in [-0.3, -0.25) is 0 Å². The molecule has 0 bridgehead atoms. The molecule has 5 heteroatoms. The first-order valence-electron chi connectivity index (χ1n) is 6.41. The smallest absolute Gasteiger partial charge is 0.337 e. The normalized spacial score (nSPS) is 9.81. The van der Waals surface area contributed by atoms with Crippen molar-refractivity contribution in [2.45, 2.75) is 6.92 Å². The highest BCUT2D eigenvalue weighted by molar-refractivity contribution is 7.80. The van der Waals surface area contributed by atoms with Crippen LogP contribution < -0.4 is 10.6 Å². The topological polar surface area (TPSA) is 50.4 Å². The van der Waals surface area contributed by atoms with Crippen molar-refractivity contribution in [3.05, 3.63) is 59.7 Å². The molecule has 0 saturated carbocycles. The molecule has 0 heterocycles. The van der Waals surface area contributed by atoms with Crippen LogP contribution in [0.15, 0.2) is 48.5 Å². The standard InChI is InChI=1S/C16H16N2O2S/c1-11-4-3-5-14(10-11)18-16(21)17-13-8-6-12(7-9-13)15(19)20-2/h3-10H,1-2H3,(H2,17,18,21). The van der Waals surface area contributed by atoms with Crippen LogP contribution in [0.2, 0.25) is 0 Å². The molecule has 21 heavy (non-hydrogen) atoms. The number of ether oxygens (including phenoxy) is 1. The number of thiocarbonyl (C=S) groups is 1. The molecule has 0 amide bonds. The largest absolute Gasteiger partial charge is 0.465 e. The van der Waals surface area contributed by atoms with E-state index >= 15 is 0 Å². The van der Waals surface area contributed by atoms with Gasteiger partial charge in [-0.2, -0.15) is 0 Å². The summed E-state index contributed by atoms with van der Waals surface area (Å²) < 4.78 is 4.65. The fraction of sp³-hybridized carbons (Fsp3) is 0.125. The zero-order valence-corrected chi connectivity index (χ0v) is 12.7. The molecular formula is C16H16N2O2S. The highest BCUT2D eigenvalue weighted by Crippen LogP contribution is 2.13. The summed E-state index contributed by atoms with van der Waals surface area (Å²) in [5, 5.41) is 6.66. The van der Waals surface area contributed by atoms with E-state index in [1.165, 1.54) is 7.11 Å². The average Bonchev–Trinajstić information content (AvgIpc) is 2.47. The molecule has 0 aliphatic heterocycles. The molecule has 0 unspecified atom stereocenters. The van der Waals surface area contributed by atoms with Gasteiger partial charge >= 0.3 is 5.97 Å². The van der Waals surface area contributed by atoms with Crippen molar-refractivity contribution in [3.8, 4) is 0 Å². The van der Waals surface area contributed by atoms with Gasteiger partial charge in [-0.05, 0) is 61.1 Å². The molecule has 2 aromatic rings. The third-order valence-corrected chi connectivity index (χ3v) is 3.04. The number of benzene rings is 2. The third kappa shape index (κ3) is 4.29. The van der Waals surface area contributed by atoms with Crippen LogP contribution in [0.5, 0.6) is 0 Å². The van der Waals surface area contributed by atoms with Crippen molar-refractivity contribution in [2.24, 2.45) is 0 Å². The van der Waals surface area contributed by atoms with E-state index in [1.54, 1.807) is 24.3 Å². The summed E-state index contributed by atoms with van der Waals surface area (Å²) >= 11 is 5.25. The van der Waals surface area contributed by atoms with Crippen molar-refractivity contribution in [3.63, 3.8) is 0 Å². The van der Waals surface area contributed by atoms with E-state index in [0.29, 0.717) is 10.7 Å². The molecule has 108 valence electrons. The van der Waals surface area contributed by atoms with Crippen LogP contribution in [0.3, 0.4) is 0 Å². The van der Waals surface area contributed by atoms with E-state index in [4.69, 9.17) is 12.2 Å². The fourth-order valence-electron chi connectivity index (χ4n) is 1.82. The van der Waals surface area contributed by atoms with Gasteiger partial charge < -0.3 is 15.4 Å². The molecule has 4 nitrogen and oxygen atoms in total. The molecule has 0 spiro atoms. The minimum Gasteiger partial charge on any atom is -0.465 e. The Bertz CT molecular complexity index is 654. The molecule has 2 N–H and O–H groups in total. The van der Waals surface area contributed by atoms with Gasteiger partial charge in [0.05, 0.1) is 12.7 Å². The zero-order valence-electron chi connectivity index (χ0n) is 11.8. The van der Waals surface area contributed by atoms with Crippen LogP contribution in [-0.4, -0.2) is 18.2 Å². The van der Waals surface area contributed by atoms with Crippen molar-refractivity contribution < 1.29 is 9.53 Å². The second-order valence-electron chi connectivity index (χ2n) is 4.52. The van der Waals surface area contributed by atoms with Gasteiger partial charge in [-0.1, -0.05) is 12.1 Å². The minimum absolute atomic E-state index is 0.359. The van der Waals surface area contributed by atoms with E-state index < -0.39 is 0 Å². The number of methoxy groups -OCH3 is 1. The highest BCUT2D eigenvalue weighted by atomic mass is 32.1. The lowest BCUT2D eigenvalue weighted by atomic mass is 10.2. The van der Waals surface area contributed by atoms with E-state index in [9.17, 15) is 4.79 Å². The Morgan fingerprint density at radius 3 is 2.33 bits per heavy atom. The van der Waals surface area contributed by atoms with E-state index in [-0.39, 0.29) is 5.97 Å². The maximum atomic E-state index is 11.3. The lowest BCUT2D eigenvalue weighted by molar-refractivity contribution is 0.0601. The monoisotopic (exact) mass is 300 g/mol. The summed E-state index contributed by atoms with van der Waals surface area (Å²) in [7, 11) is 1.36. The van der Waals surface area contributed by atoms with E-state index in [1.807, 2.05) is 31.2 Å². The van der Waals surface area contributed by atoms with Crippen molar-refractivity contribution in [2.75, 3.05) is 17.7 Å². The SMILES string of the molecule is COC(=O)c1ccc(NC(=S)Nc2cccc(C)c2)cc1. The fourth-order valence-corrected chi connectivity index (χ4v) is 2.06. The molecule has 2 rings (SSSR count). The summed E-state index contributed by atoms with van der Waals surface area (Å²) in [6, 6.07) is 14.9. The molecule has 0 atom stereocenters. The van der Waals surface area contributed by atoms with Gasteiger partial charge in [0, 0.05) is 11.4 Å². The maximum Gasteiger partial charge on any atom is 0.337 e. The Balaban J connectivity index is 1.98. The number of aryl methyl sites for hydroxylation is 1. The number of esters is 1. The van der Waals surface area contributed by atoms with Gasteiger partial charge in [-0.15, -0.1) is 0 Å². The van der Waals surface area contributed by atoms with E-state index in [0.717, 1.165) is 16.9 Å². The predicted octanol–water partition coefficient (Wildman–Crippen LogP) is 3.59. The van der Waals surface area contributed by atoms with Crippen LogP contribution in [-0.2, 0) is 4.74 Å². The second-order valence-corrected chi connectivity index (χ2v) is 4.93. The number of hydrogen-bond acceptors (Lipinski definition) is 3. The van der Waals surface area contributed by atoms with Crippen LogP contribution in [0.1, 0.15) is 15.9 Å². The zero-order chi connectivity index (χ0) is 15.2. The molecule has 0 saturated heterocycles. The Morgan fingerprint density at radius 1 is 1.05 bits per heavy atom. The molecule has 2 aromatic carbocycles. The van der Waals surface area contributed by atoms with Gasteiger partial charge in [0.25, 0.3) is 0 Å². The van der Waals surface area contributed by atoms with Crippen molar-refractivity contribution >= 4 is 34.7 Å². The van der Waals surface area contributed by atoms with Crippen molar-refractivity contribution in [1.29, 1.82) is 0 Å². The first-order chi connectivity index (χ1) is 10.1. The van der Waals surface area contributed by atoms with Crippen LogP contribution in [0, 0.1) is 6.92 Å². The number of nitrogens with one attached hydrogen (secondary N) is 2. The van der Waals surface area contributed by atoms with Gasteiger partial charge in [-0.25, -0.2) is 4.79 Å². The number of hydrogen-bond donors (Lipinski definition) is 2. The maximum absolute atomic E-state index is 11.3.